The highest BCUT2D eigenvalue weighted by atomic mass is 31.1. The van der Waals surface area contributed by atoms with Crippen molar-refractivity contribution in [2.24, 2.45) is 0 Å². The maximum absolute atomic E-state index is 6.87. The average Bonchev–Trinajstić information content (AvgIpc) is 3.58. The third-order valence-corrected chi connectivity index (χ3v) is 14.9. The van der Waals surface area contributed by atoms with Crippen LogP contribution in [0.25, 0.3) is 0 Å². The Kier molecular flexibility index (Phi) is 11.9. The van der Waals surface area contributed by atoms with E-state index >= 15 is 0 Å². The smallest absolute Gasteiger partial charge is 0.169 e. The lowest BCUT2D eigenvalue weighted by Gasteiger charge is -2.30. The predicted molar refractivity (Wildman–Crippen MR) is 220 cm³/mol. The van der Waals surface area contributed by atoms with Crippen LogP contribution in [0.3, 0.4) is 0 Å². The molecule has 2 atom stereocenters. The van der Waals surface area contributed by atoms with E-state index in [-0.39, 0.29) is 11.8 Å². The van der Waals surface area contributed by atoms with Gasteiger partial charge in [-0.05, 0) is 83.5 Å². The molecular formula is C47H48O2P2. The fraction of sp³-hybridized carbons (Fsp3) is 0.234. The van der Waals surface area contributed by atoms with E-state index < -0.39 is 21.6 Å². The molecule has 2 nitrogen and oxygen atoms in total. The standard InChI is InChI=1S/C47H48O2P2/c1-3-33-48-47(49-34-4-2)35-43(41-29-17-19-31-45(41)50(37-21-9-5-10-22-37)38-23-11-6-12-24-38)44(36-47)42-30-18-20-32-46(42)51(39-25-13-7-14-26-39)40-27-15-8-16-28-40/h5-32,43-44H,3-4,33-36H2,1-2H3/t43-,44+. The van der Waals surface area contributed by atoms with Crippen molar-refractivity contribution >= 4 is 47.7 Å². The maximum atomic E-state index is 6.87. The quantitative estimate of drug-likeness (QED) is 0.0831. The molecule has 0 saturated heterocycles. The van der Waals surface area contributed by atoms with Gasteiger partial charge in [0.15, 0.2) is 5.79 Å². The molecule has 0 bridgehead atoms. The monoisotopic (exact) mass is 706 g/mol. The summed E-state index contributed by atoms with van der Waals surface area (Å²) in [6.45, 7) is 5.77. The van der Waals surface area contributed by atoms with Crippen LogP contribution < -0.4 is 31.8 Å². The van der Waals surface area contributed by atoms with Crippen molar-refractivity contribution in [1.29, 1.82) is 0 Å². The van der Waals surface area contributed by atoms with Gasteiger partial charge in [0.05, 0.1) is 0 Å². The van der Waals surface area contributed by atoms with Crippen LogP contribution in [0.1, 0.15) is 62.5 Å². The van der Waals surface area contributed by atoms with Crippen LogP contribution in [0.2, 0.25) is 0 Å². The molecule has 6 aromatic rings. The molecule has 0 spiro atoms. The van der Waals surface area contributed by atoms with Gasteiger partial charge in [0.1, 0.15) is 0 Å². The van der Waals surface area contributed by atoms with Gasteiger partial charge in [-0.1, -0.05) is 184 Å². The molecule has 1 fully saturated rings. The minimum Gasteiger partial charge on any atom is -0.350 e. The summed E-state index contributed by atoms with van der Waals surface area (Å²) in [5, 5.41) is 8.32. The van der Waals surface area contributed by atoms with Crippen molar-refractivity contribution in [1.82, 2.24) is 0 Å². The summed E-state index contributed by atoms with van der Waals surface area (Å²) in [4.78, 5) is 0. The summed E-state index contributed by atoms with van der Waals surface area (Å²) < 4.78 is 13.7. The van der Waals surface area contributed by atoms with E-state index in [1.54, 1.807) is 0 Å². The Labute approximate surface area is 307 Å². The molecule has 0 heterocycles. The Balaban J connectivity index is 1.42. The van der Waals surface area contributed by atoms with Crippen LogP contribution >= 0.6 is 15.8 Å². The zero-order valence-electron chi connectivity index (χ0n) is 29.8. The Morgan fingerprint density at radius 1 is 0.431 bits per heavy atom. The van der Waals surface area contributed by atoms with Gasteiger partial charge in [-0.25, -0.2) is 0 Å². The van der Waals surface area contributed by atoms with E-state index in [4.69, 9.17) is 9.47 Å². The summed E-state index contributed by atoms with van der Waals surface area (Å²) in [6.07, 6.45) is 3.56. The number of rotatable bonds is 14. The number of hydrogen-bond acceptors (Lipinski definition) is 2. The largest absolute Gasteiger partial charge is 0.350 e. The Morgan fingerprint density at radius 3 is 1.04 bits per heavy atom. The van der Waals surface area contributed by atoms with Crippen LogP contribution in [-0.4, -0.2) is 19.0 Å². The number of ether oxygens (including phenoxy) is 2. The first-order valence-corrected chi connectivity index (χ1v) is 21.2. The molecule has 51 heavy (non-hydrogen) atoms. The molecule has 0 aromatic heterocycles. The van der Waals surface area contributed by atoms with Gasteiger partial charge in [0, 0.05) is 26.1 Å². The van der Waals surface area contributed by atoms with Gasteiger partial charge in [0.2, 0.25) is 0 Å². The first-order valence-electron chi connectivity index (χ1n) is 18.5. The van der Waals surface area contributed by atoms with Crippen molar-refractivity contribution < 1.29 is 9.47 Å². The summed E-state index contributed by atoms with van der Waals surface area (Å²) in [5.74, 6) is -0.236. The van der Waals surface area contributed by atoms with E-state index in [0.29, 0.717) is 13.2 Å². The van der Waals surface area contributed by atoms with Gasteiger partial charge in [-0.2, -0.15) is 0 Å². The zero-order chi connectivity index (χ0) is 34.9. The lowest BCUT2D eigenvalue weighted by molar-refractivity contribution is -0.233. The topological polar surface area (TPSA) is 18.5 Å². The number of hydrogen-bond donors (Lipinski definition) is 0. The fourth-order valence-electron chi connectivity index (χ4n) is 7.72. The highest BCUT2D eigenvalue weighted by molar-refractivity contribution is 7.80. The molecule has 1 saturated carbocycles. The molecule has 0 aliphatic heterocycles. The Hall–Kier alpha value is -3.90. The van der Waals surface area contributed by atoms with Crippen molar-refractivity contribution in [3.63, 3.8) is 0 Å². The van der Waals surface area contributed by atoms with Crippen LogP contribution in [0.5, 0.6) is 0 Å². The van der Waals surface area contributed by atoms with Crippen LogP contribution in [0.4, 0.5) is 0 Å². The molecule has 0 radical (unpaired) electrons. The lowest BCUT2D eigenvalue weighted by atomic mass is 9.84. The highest BCUT2D eigenvalue weighted by Gasteiger charge is 2.50. The Morgan fingerprint density at radius 2 is 0.725 bits per heavy atom. The van der Waals surface area contributed by atoms with E-state index in [0.717, 1.165) is 25.7 Å². The SMILES string of the molecule is CCCOC1(OCCC)C[C@H](c2ccccc2P(c2ccccc2)c2ccccc2)[C@H](c2ccccc2P(c2ccccc2)c2ccccc2)C1. The average molecular weight is 707 g/mol. The molecule has 0 unspecified atom stereocenters. The second-order valence-electron chi connectivity index (χ2n) is 13.4. The van der Waals surface area contributed by atoms with E-state index in [2.05, 4.69) is 184 Å². The van der Waals surface area contributed by atoms with Gasteiger partial charge in [-0.15, -0.1) is 0 Å². The van der Waals surface area contributed by atoms with E-state index in [1.807, 2.05) is 0 Å². The molecule has 4 heteroatoms. The van der Waals surface area contributed by atoms with Crippen molar-refractivity contribution in [2.45, 2.75) is 57.2 Å². The normalized spacial score (nSPS) is 16.9. The molecule has 6 aromatic carbocycles. The minimum atomic E-state index is -0.794. The maximum Gasteiger partial charge on any atom is 0.169 e. The summed E-state index contributed by atoms with van der Waals surface area (Å²) >= 11 is 0. The predicted octanol–water partition coefficient (Wildman–Crippen LogP) is 9.41. The van der Waals surface area contributed by atoms with E-state index in [9.17, 15) is 0 Å². The number of benzene rings is 6. The first kappa shape index (κ1) is 35.5. The van der Waals surface area contributed by atoms with Gasteiger partial charge >= 0.3 is 0 Å². The second-order valence-corrected chi connectivity index (χ2v) is 17.7. The summed E-state index contributed by atoms with van der Waals surface area (Å²) in [7, 11) is -1.59. The first-order chi connectivity index (χ1) is 25.2. The molecule has 258 valence electrons. The second kappa shape index (κ2) is 17.1. The molecular weight excluding hydrogens is 658 g/mol. The summed E-state index contributed by atoms with van der Waals surface area (Å²) in [6, 6.07) is 63.0. The molecule has 1 aliphatic carbocycles. The van der Waals surface area contributed by atoms with E-state index in [1.165, 1.54) is 43.0 Å². The lowest BCUT2D eigenvalue weighted by Crippen LogP contribution is -2.34. The van der Waals surface area contributed by atoms with Crippen LogP contribution in [0.15, 0.2) is 170 Å². The molecule has 0 amide bonds. The highest BCUT2D eigenvalue weighted by Crippen LogP contribution is 2.55. The van der Waals surface area contributed by atoms with Gasteiger partial charge in [-0.3, -0.25) is 0 Å². The minimum absolute atomic E-state index is 0.205. The Bertz CT molecular complexity index is 1730. The molecule has 1 aliphatic rings. The van der Waals surface area contributed by atoms with Gasteiger partial charge in [0.25, 0.3) is 0 Å². The molecule has 0 N–H and O–H groups in total. The van der Waals surface area contributed by atoms with Gasteiger partial charge < -0.3 is 9.47 Å². The third kappa shape index (κ3) is 7.96. The molecule has 7 rings (SSSR count). The fourth-order valence-corrected chi connectivity index (χ4v) is 12.8. The van der Waals surface area contributed by atoms with Crippen LogP contribution in [-0.2, 0) is 9.47 Å². The summed E-state index contributed by atoms with van der Waals surface area (Å²) in [5.41, 5.74) is 2.84. The van der Waals surface area contributed by atoms with Crippen molar-refractivity contribution in [3.8, 4) is 0 Å². The van der Waals surface area contributed by atoms with Crippen LogP contribution in [0, 0.1) is 0 Å². The zero-order valence-corrected chi connectivity index (χ0v) is 31.6. The van der Waals surface area contributed by atoms with Crippen molar-refractivity contribution in [2.75, 3.05) is 13.2 Å². The van der Waals surface area contributed by atoms with Crippen molar-refractivity contribution in [3.05, 3.63) is 181 Å². The third-order valence-electron chi connectivity index (χ3n) is 9.90.